The first-order chi connectivity index (χ1) is 12.1. The highest BCUT2D eigenvalue weighted by Crippen LogP contribution is 2.25. The fourth-order valence-corrected chi connectivity index (χ4v) is 3.08. The molecule has 0 saturated carbocycles. The molecule has 1 N–H and O–H groups in total. The number of hydrogen-bond acceptors (Lipinski definition) is 2. The summed E-state index contributed by atoms with van der Waals surface area (Å²) in [4.78, 5) is 26.4. The first-order valence-corrected chi connectivity index (χ1v) is 8.79. The maximum atomic E-state index is 12.4. The van der Waals surface area contributed by atoms with E-state index in [0.717, 1.165) is 17.7 Å². The molecule has 4 heteroatoms. The van der Waals surface area contributed by atoms with Gasteiger partial charge in [0.25, 0.3) is 0 Å². The Hall–Kier alpha value is -2.62. The van der Waals surface area contributed by atoms with Crippen molar-refractivity contribution in [2.75, 3.05) is 11.4 Å². The predicted molar refractivity (Wildman–Crippen MR) is 99.3 cm³/mol. The highest BCUT2D eigenvalue weighted by Gasteiger charge is 2.34. The summed E-state index contributed by atoms with van der Waals surface area (Å²) in [5.74, 6) is -0.329. The lowest BCUT2D eigenvalue weighted by Crippen LogP contribution is -2.32. The second-order valence-electron chi connectivity index (χ2n) is 6.63. The van der Waals surface area contributed by atoms with E-state index in [1.54, 1.807) is 4.90 Å². The van der Waals surface area contributed by atoms with Gasteiger partial charge in [0.2, 0.25) is 11.8 Å². The number of nitrogens with one attached hydrogen (secondary N) is 1. The number of anilines is 1. The average molecular weight is 336 g/mol. The molecule has 1 aliphatic rings. The van der Waals surface area contributed by atoms with E-state index in [1.807, 2.05) is 55.5 Å². The zero-order valence-electron chi connectivity index (χ0n) is 14.8. The van der Waals surface area contributed by atoms with Crippen molar-refractivity contribution >= 4 is 17.5 Å². The Balaban J connectivity index is 1.59. The normalized spacial score (nSPS) is 17.0. The van der Waals surface area contributed by atoms with Gasteiger partial charge < -0.3 is 10.2 Å². The Labute approximate surface area is 148 Å². The zero-order chi connectivity index (χ0) is 17.8. The number of hydrogen-bond donors (Lipinski definition) is 1. The minimum Gasteiger partial charge on any atom is -0.352 e. The van der Waals surface area contributed by atoms with Gasteiger partial charge >= 0.3 is 0 Å². The molecule has 1 unspecified atom stereocenters. The van der Waals surface area contributed by atoms with Gasteiger partial charge in [-0.05, 0) is 36.6 Å². The van der Waals surface area contributed by atoms with Crippen LogP contribution in [-0.2, 0) is 22.6 Å². The van der Waals surface area contributed by atoms with Crippen molar-refractivity contribution in [3.63, 3.8) is 0 Å². The summed E-state index contributed by atoms with van der Waals surface area (Å²) in [7, 11) is 0. The molecule has 0 aromatic heterocycles. The van der Waals surface area contributed by atoms with Crippen molar-refractivity contribution in [1.29, 1.82) is 0 Å². The first-order valence-electron chi connectivity index (χ1n) is 8.79. The van der Waals surface area contributed by atoms with Gasteiger partial charge in [-0.15, -0.1) is 0 Å². The van der Waals surface area contributed by atoms with Crippen molar-refractivity contribution in [3.05, 3.63) is 65.2 Å². The molecule has 2 amide bonds. The molecular weight excluding hydrogens is 312 g/mol. The molecule has 130 valence electrons. The molecule has 1 aliphatic heterocycles. The third kappa shape index (κ3) is 4.08. The monoisotopic (exact) mass is 336 g/mol. The number of carbonyl (C=O) groups excluding carboxylic acids is 2. The summed E-state index contributed by atoms with van der Waals surface area (Å²) in [5.41, 5.74) is 4.37. The quantitative estimate of drug-likeness (QED) is 0.911. The lowest BCUT2D eigenvalue weighted by atomic mass is 10.1. The zero-order valence-corrected chi connectivity index (χ0v) is 14.8. The minimum absolute atomic E-state index is 0.0136. The van der Waals surface area contributed by atoms with E-state index in [9.17, 15) is 9.59 Å². The highest BCUT2D eigenvalue weighted by molar-refractivity contribution is 6.00. The largest absolute Gasteiger partial charge is 0.352 e. The highest BCUT2D eigenvalue weighted by atomic mass is 16.2. The molecule has 25 heavy (non-hydrogen) atoms. The number of rotatable bonds is 5. The fourth-order valence-electron chi connectivity index (χ4n) is 3.08. The Bertz CT molecular complexity index is 750. The van der Waals surface area contributed by atoms with Crippen LogP contribution >= 0.6 is 0 Å². The minimum atomic E-state index is -0.288. The molecular formula is C21H24N2O2. The summed E-state index contributed by atoms with van der Waals surface area (Å²) in [6, 6.07) is 16.1. The topological polar surface area (TPSA) is 49.4 Å². The van der Waals surface area contributed by atoms with E-state index in [-0.39, 0.29) is 24.2 Å². The first kappa shape index (κ1) is 17.2. The predicted octanol–water partition coefficient (Wildman–Crippen LogP) is 3.23. The van der Waals surface area contributed by atoms with Gasteiger partial charge in [-0.25, -0.2) is 0 Å². The smallest absolute Gasteiger partial charge is 0.227 e. The van der Waals surface area contributed by atoms with Crippen LogP contribution in [0.1, 0.15) is 30.0 Å². The molecule has 1 atom stereocenters. The number of benzene rings is 2. The maximum Gasteiger partial charge on any atom is 0.227 e. The summed E-state index contributed by atoms with van der Waals surface area (Å²) in [5, 5.41) is 2.95. The molecule has 0 aliphatic carbocycles. The number of carbonyl (C=O) groups is 2. The van der Waals surface area contributed by atoms with Gasteiger partial charge in [-0.2, -0.15) is 0 Å². The maximum absolute atomic E-state index is 12.4. The SMILES string of the molecule is CCc1ccc(N2CC(C(=O)NCc3ccc(C)cc3)CC2=O)cc1. The fraction of sp³-hybridized carbons (Fsp3) is 0.333. The lowest BCUT2D eigenvalue weighted by molar-refractivity contribution is -0.126. The van der Waals surface area contributed by atoms with Gasteiger partial charge in [-0.1, -0.05) is 48.9 Å². The Morgan fingerprint density at radius 3 is 2.36 bits per heavy atom. The number of amides is 2. The second-order valence-corrected chi connectivity index (χ2v) is 6.63. The molecule has 3 rings (SSSR count). The Morgan fingerprint density at radius 1 is 1.08 bits per heavy atom. The van der Waals surface area contributed by atoms with E-state index in [4.69, 9.17) is 0 Å². The standard InChI is InChI=1S/C21H24N2O2/c1-3-16-8-10-19(11-9-16)23-14-18(12-20(23)24)21(25)22-13-17-6-4-15(2)5-7-17/h4-11,18H,3,12-14H2,1-2H3,(H,22,25). The summed E-state index contributed by atoms with van der Waals surface area (Å²) >= 11 is 0. The van der Waals surface area contributed by atoms with Crippen molar-refractivity contribution < 1.29 is 9.59 Å². The third-order valence-electron chi connectivity index (χ3n) is 4.74. The van der Waals surface area contributed by atoms with Crippen LogP contribution in [0.2, 0.25) is 0 Å². The van der Waals surface area contributed by atoms with Crippen molar-refractivity contribution in [2.45, 2.75) is 33.2 Å². The second kappa shape index (κ2) is 7.51. The van der Waals surface area contributed by atoms with Gasteiger partial charge in [0.05, 0.1) is 5.92 Å². The summed E-state index contributed by atoms with van der Waals surface area (Å²) in [6.07, 6.45) is 1.24. The van der Waals surface area contributed by atoms with E-state index in [1.165, 1.54) is 11.1 Å². The van der Waals surface area contributed by atoms with Gasteiger partial charge in [0, 0.05) is 25.2 Å². The van der Waals surface area contributed by atoms with Crippen LogP contribution in [0.5, 0.6) is 0 Å². The lowest BCUT2D eigenvalue weighted by Gasteiger charge is -2.17. The Kier molecular flexibility index (Phi) is 5.17. The molecule has 0 radical (unpaired) electrons. The van der Waals surface area contributed by atoms with Gasteiger partial charge in [-0.3, -0.25) is 9.59 Å². The molecule has 1 heterocycles. The van der Waals surface area contributed by atoms with Gasteiger partial charge in [0.15, 0.2) is 0 Å². The van der Waals surface area contributed by atoms with E-state index in [2.05, 4.69) is 12.2 Å². The van der Waals surface area contributed by atoms with Crippen LogP contribution in [0.4, 0.5) is 5.69 Å². The molecule has 4 nitrogen and oxygen atoms in total. The van der Waals surface area contributed by atoms with Crippen LogP contribution in [-0.4, -0.2) is 18.4 Å². The molecule has 1 fully saturated rings. The third-order valence-corrected chi connectivity index (χ3v) is 4.74. The van der Waals surface area contributed by atoms with Crippen LogP contribution in [0.25, 0.3) is 0 Å². The molecule has 2 aromatic carbocycles. The van der Waals surface area contributed by atoms with Crippen LogP contribution < -0.4 is 10.2 Å². The van der Waals surface area contributed by atoms with Crippen molar-refractivity contribution in [2.24, 2.45) is 5.92 Å². The number of aryl methyl sites for hydroxylation is 2. The van der Waals surface area contributed by atoms with E-state index in [0.29, 0.717) is 13.1 Å². The van der Waals surface area contributed by atoms with Crippen LogP contribution in [0.15, 0.2) is 48.5 Å². The van der Waals surface area contributed by atoms with Crippen LogP contribution in [0.3, 0.4) is 0 Å². The molecule has 0 spiro atoms. The molecule has 1 saturated heterocycles. The molecule has 2 aromatic rings. The average Bonchev–Trinajstić information content (AvgIpc) is 3.03. The van der Waals surface area contributed by atoms with Crippen molar-refractivity contribution in [3.8, 4) is 0 Å². The van der Waals surface area contributed by atoms with Gasteiger partial charge in [0.1, 0.15) is 0 Å². The van der Waals surface area contributed by atoms with Crippen molar-refractivity contribution in [1.82, 2.24) is 5.32 Å². The van der Waals surface area contributed by atoms with E-state index >= 15 is 0 Å². The van der Waals surface area contributed by atoms with Crippen LogP contribution in [0, 0.1) is 12.8 Å². The number of nitrogens with zero attached hydrogens (tertiary/aromatic N) is 1. The molecule has 0 bridgehead atoms. The summed E-state index contributed by atoms with van der Waals surface area (Å²) in [6.45, 7) is 5.08. The summed E-state index contributed by atoms with van der Waals surface area (Å²) < 4.78 is 0. The Morgan fingerprint density at radius 2 is 1.72 bits per heavy atom. The van der Waals surface area contributed by atoms with E-state index < -0.39 is 0 Å².